The number of alkyl halides is 2. The predicted octanol–water partition coefficient (Wildman–Crippen LogP) is 3.96. The van der Waals surface area contributed by atoms with E-state index < -0.39 is 6.61 Å². The van der Waals surface area contributed by atoms with Gasteiger partial charge in [-0.15, -0.1) is 0 Å². The molecule has 0 radical (unpaired) electrons. The Morgan fingerprint density at radius 2 is 1.86 bits per heavy atom. The van der Waals surface area contributed by atoms with Crippen molar-refractivity contribution in [2.45, 2.75) is 13.2 Å². The molecule has 0 atom stereocenters. The number of nitrogens with one attached hydrogen (secondary N) is 1. The molecule has 0 saturated carbocycles. The number of benzene rings is 2. The first kappa shape index (κ1) is 15.2. The molecule has 2 aromatic rings. The standard InChI is InChI=1S/C14H12ClF2NO3/c15-10-6-9(2-4-13(10)21-14(16)17)18-7-8-1-3-11(19)12(20)5-8/h1-6,14,18-20H,7H2. The Balaban J connectivity index is 2.03. The number of ether oxygens (including phenoxy) is 1. The van der Waals surface area contributed by atoms with Gasteiger partial charge in [0.15, 0.2) is 11.5 Å². The normalized spacial score (nSPS) is 10.7. The zero-order chi connectivity index (χ0) is 15.4. The summed E-state index contributed by atoms with van der Waals surface area (Å²) < 4.78 is 28.4. The highest BCUT2D eigenvalue weighted by Crippen LogP contribution is 2.29. The van der Waals surface area contributed by atoms with Gasteiger partial charge >= 0.3 is 6.61 Å². The summed E-state index contributed by atoms with van der Waals surface area (Å²) in [6, 6.07) is 8.77. The van der Waals surface area contributed by atoms with Crippen molar-refractivity contribution in [2.24, 2.45) is 0 Å². The van der Waals surface area contributed by atoms with Crippen LogP contribution in [0.25, 0.3) is 0 Å². The van der Waals surface area contributed by atoms with Crippen molar-refractivity contribution in [1.29, 1.82) is 0 Å². The van der Waals surface area contributed by atoms with Crippen LogP contribution in [0.4, 0.5) is 14.5 Å². The van der Waals surface area contributed by atoms with Gasteiger partial charge in [-0.1, -0.05) is 17.7 Å². The first-order valence-electron chi connectivity index (χ1n) is 5.95. The fourth-order valence-electron chi connectivity index (χ4n) is 1.69. The van der Waals surface area contributed by atoms with Gasteiger partial charge < -0.3 is 20.3 Å². The summed E-state index contributed by atoms with van der Waals surface area (Å²) in [6.45, 7) is -2.57. The molecular formula is C14H12ClF2NO3. The molecular weight excluding hydrogens is 304 g/mol. The maximum atomic E-state index is 12.1. The number of phenolic OH excluding ortho intramolecular Hbond substituents is 2. The summed E-state index contributed by atoms with van der Waals surface area (Å²) in [7, 11) is 0. The molecule has 0 bridgehead atoms. The minimum Gasteiger partial charge on any atom is -0.504 e. The van der Waals surface area contributed by atoms with Gasteiger partial charge in [0.05, 0.1) is 5.02 Å². The molecule has 2 rings (SSSR count). The molecule has 0 heterocycles. The second-order valence-corrected chi connectivity index (χ2v) is 4.61. The number of anilines is 1. The molecule has 7 heteroatoms. The smallest absolute Gasteiger partial charge is 0.387 e. The largest absolute Gasteiger partial charge is 0.504 e. The molecule has 0 aliphatic rings. The summed E-state index contributed by atoms with van der Waals surface area (Å²) in [5, 5.41) is 21.7. The van der Waals surface area contributed by atoms with E-state index in [4.69, 9.17) is 11.6 Å². The zero-order valence-electron chi connectivity index (χ0n) is 10.7. The van der Waals surface area contributed by atoms with E-state index in [0.29, 0.717) is 12.2 Å². The number of rotatable bonds is 5. The van der Waals surface area contributed by atoms with Gasteiger partial charge in [0.1, 0.15) is 5.75 Å². The van der Waals surface area contributed by atoms with Crippen LogP contribution in [0.15, 0.2) is 36.4 Å². The first-order chi connectivity index (χ1) is 9.95. The lowest BCUT2D eigenvalue weighted by Gasteiger charge is -2.10. The number of phenols is 2. The molecule has 2 aromatic carbocycles. The number of halogens is 3. The monoisotopic (exact) mass is 315 g/mol. The fourth-order valence-corrected chi connectivity index (χ4v) is 1.91. The van der Waals surface area contributed by atoms with E-state index >= 15 is 0 Å². The van der Waals surface area contributed by atoms with Gasteiger partial charge in [-0.2, -0.15) is 8.78 Å². The van der Waals surface area contributed by atoms with Crippen molar-refractivity contribution < 1.29 is 23.7 Å². The first-order valence-corrected chi connectivity index (χ1v) is 6.32. The van der Waals surface area contributed by atoms with Crippen molar-refractivity contribution >= 4 is 17.3 Å². The van der Waals surface area contributed by atoms with Crippen molar-refractivity contribution in [3.63, 3.8) is 0 Å². The van der Waals surface area contributed by atoms with E-state index in [1.807, 2.05) is 0 Å². The van der Waals surface area contributed by atoms with Crippen LogP contribution in [0.3, 0.4) is 0 Å². The van der Waals surface area contributed by atoms with Crippen LogP contribution in [-0.4, -0.2) is 16.8 Å². The zero-order valence-corrected chi connectivity index (χ0v) is 11.4. The summed E-state index contributed by atoms with van der Waals surface area (Å²) in [5.74, 6) is -0.511. The minimum absolute atomic E-state index is 0.0638. The van der Waals surface area contributed by atoms with Gasteiger partial charge in [-0.25, -0.2) is 0 Å². The molecule has 112 valence electrons. The summed E-state index contributed by atoms with van der Waals surface area (Å²) in [5.41, 5.74) is 1.34. The molecule has 0 saturated heterocycles. The molecule has 0 spiro atoms. The highest BCUT2D eigenvalue weighted by Gasteiger charge is 2.09. The van der Waals surface area contributed by atoms with Crippen LogP contribution >= 0.6 is 11.6 Å². The number of aromatic hydroxyl groups is 2. The van der Waals surface area contributed by atoms with Crippen LogP contribution in [0.5, 0.6) is 17.2 Å². The number of hydrogen-bond donors (Lipinski definition) is 3. The molecule has 0 unspecified atom stereocenters. The lowest BCUT2D eigenvalue weighted by Crippen LogP contribution is -2.03. The summed E-state index contributed by atoms with van der Waals surface area (Å²) in [4.78, 5) is 0. The Morgan fingerprint density at radius 3 is 2.48 bits per heavy atom. The summed E-state index contributed by atoms with van der Waals surface area (Å²) >= 11 is 5.83. The van der Waals surface area contributed by atoms with Crippen molar-refractivity contribution in [3.8, 4) is 17.2 Å². The Kier molecular flexibility index (Phi) is 4.70. The van der Waals surface area contributed by atoms with Gasteiger partial charge in [-0.05, 0) is 35.9 Å². The molecule has 4 nitrogen and oxygen atoms in total. The van der Waals surface area contributed by atoms with Crippen LogP contribution in [0.1, 0.15) is 5.56 Å². The van der Waals surface area contributed by atoms with Crippen LogP contribution in [0.2, 0.25) is 5.02 Å². The van der Waals surface area contributed by atoms with Gasteiger partial charge in [0.2, 0.25) is 0 Å². The maximum absolute atomic E-state index is 12.1. The van der Waals surface area contributed by atoms with Gasteiger partial charge in [0.25, 0.3) is 0 Å². The predicted molar refractivity (Wildman–Crippen MR) is 75.2 cm³/mol. The Morgan fingerprint density at radius 1 is 1.10 bits per heavy atom. The molecule has 0 aliphatic heterocycles. The topological polar surface area (TPSA) is 61.7 Å². The second-order valence-electron chi connectivity index (χ2n) is 4.20. The van der Waals surface area contributed by atoms with Crippen molar-refractivity contribution in [3.05, 3.63) is 47.0 Å². The molecule has 0 fully saturated rings. The highest BCUT2D eigenvalue weighted by molar-refractivity contribution is 6.32. The Hall–Kier alpha value is -2.21. The number of hydrogen-bond acceptors (Lipinski definition) is 4. The van der Waals surface area contributed by atoms with E-state index in [2.05, 4.69) is 10.1 Å². The summed E-state index contributed by atoms with van der Waals surface area (Å²) in [6.07, 6.45) is 0. The van der Waals surface area contributed by atoms with Crippen LogP contribution in [0, 0.1) is 0 Å². The third-order valence-corrected chi connectivity index (χ3v) is 2.98. The van der Waals surface area contributed by atoms with Crippen molar-refractivity contribution in [2.75, 3.05) is 5.32 Å². The van der Waals surface area contributed by atoms with Crippen LogP contribution < -0.4 is 10.1 Å². The molecule has 0 aliphatic carbocycles. The minimum atomic E-state index is -2.93. The molecule has 0 aromatic heterocycles. The van der Waals surface area contributed by atoms with E-state index in [-0.39, 0.29) is 22.3 Å². The molecule has 0 amide bonds. The quantitative estimate of drug-likeness (QED) is 0.731. The third kappa shape index (κ3) is 4.13. The van der Waals surface area contributed by atoms with E-state index in [1.54, 1.807) is 12.1 Å². The Labute approximate surface area is 124 Å². The van der Waals surface area contributed by atoms with E-state index in [9.17, 15) is 19.0 Å². The lowest BCUT2D eigenvalue weighted by atomic mass is 10.2. The Bertz CT molecular complexity index is 638. The molecule has 21 heavy (non-hydrogen) atoms. The SMILES string of the molecule is Oc1ccc(CNc2ccc(OC(F)F)c(Cl)c2)cc1O. The average molecular weight is 316 g/mol. The second kappa shape index (κ2) is 6.49. The lowest BCUT2D eigenvalue weighted by molar-refractivity contribution is -0.0497. The fraction of sp³-hybridized carbons (Fsp3) is 0.143. The highest BCUT2D eigenvalue weighted by atomic mass is 35.5. The molecule has 3 N–H and O–H groups in total. The van der Waals surface area contributed by atoms with Crippen LogP contribution in [-0.2, 0) is 6.54 Å². The van der Waals surface area contributed by atoms with Gasteiger partial charge in [0, 0.05) is 12.2 Å². The average Bonchev–Trinajstić information content (AvgIpc) is 2.42. The van der Waals surface area contributed by atoms with Gasteiger partial charge in [-0.3, -0.25) is 0 Å². The van der Waals surface area contributed by atoms with E-state index in [1.165, 1.54) is 24.3 Å². The van der Waals surface area contributed by atoms with Crippen molar-refractivity contribution in [1.82, 2.24) is 0 Å². The maximum Gasteiger partial charge on any atom is 0.387 e. The van der Waals surface area contributed by atoms with E-state index in [0.717, 1.165) is 5.56 Å². The third-order valence-electron chi connectivity index (χ3n) is 2.68.